The molecular formula is C18H29N3O3S. The Balaban J connectivity index is 1.93. The summed E-state index contributed by atoms with van der Waals surface area (Å²) < 4.78 is 26.4. The van der Waals surface area contributed by atoms with E-state index in [4.69, 9.17) is 0 Å². The molecule has 0 unspecified atom stereocenters. The summed E-state index contributed by atoms with van der Waals surface area (Å²) in [5.41, 5.74) is 0.987. The first-order chi connectivity index (χ1) is 11.9. The van der Waals surface area contributed by atoms with Gasteiger partial charge in [0.25, 0.3) is 0 Å². The fourth-order valence-electron chi connectivity index (χ4n) is 3.01. The zero-order valence-electron chi connectivity index (χ0n) is 15.4. The number of piperazine rings is 1. The molecule has 0 radical (unpaired) electrons. The molecule has 140 valence electrons. The van der Waals surface area contributed by atoms with Gasteiger partial charge in [0.15, 0.2) is 0 Å². The summed E-state index contributed by atoms with van der Waals surface area (Å²) >= 11 is 0. The highest BCUT2D eigenvalue weighted by atomic mass is 32.2. The minimum atomic E-state index is -3.42. The van der Waals surface area contributed by atoms with Crippen molar-refractivity contribution in [3.63, 3.8) is 0 Å². The normalized spacial score (nSPS) is 16.4. The molecule has 0 saturated carbocycles. The Hall–Kier alpha value is -1.44. The van der Waals surface area contributed by atoms with Gasteiger partial charge in [0.2, 0.25) is 15.9 Å². The molecule has 0 bridgehead atoms. The summed E-state index contributed by atoms with van der Waals surface area (Å²) in [6.45, 7) is 8.00. The Morgan fingerprint density at radius 2 is 1.60 bits per heavy atom. The maximum atomic E-state index is 12.5. The maximum absolute atomic E-state index is 12.5. The molecule has 1 heterocycles. The highest BCUT2D eigenvalue weighted by molar-refractivity contribution is 7.89. The number of carbonyl (C=O) groups excluding carboxylic acids is 1. The lowest BCUT2D eigenvalue weighted by Crippen LogP contribution is -2.47. The van der Waals surface area contributed by atoms with Crippen molar-refractivity contribution in [3.05, 3.63) is 29.8 Å². The summed E-state index contributed by atoms with van der Waals surface area (Å²) in [7, 11) is -1.35. The Morgan fingerprint density at radius 1 is 1.04 bits per heavy atom. The molecule has 0 aromatic heterocycles. The molecule has 1 aromatic carbocycles. The van der Waals surface area contributed by atoms with Crippen LogP contribution in [0.25, 0.3) is 0 Å². The van der Waals surface area contributed by atoms with Crippen LogP contribution in [0, 0.1) is 0 Å². The third-order valence-corrected chi connectivity index (χ3v) is 6.81. The van der Waals surface area contributed by atoms with Crippen LogP contribution in [-0.2, 0) is 21.2 Å². The molecule has 1 saturated heterocycles. The Labute approximate surface area is 151 Å². The summed E-state index contributed by atoms with van der Waals surface area (Å²) in [5, 5.41) is 0. The number of benzene rings is 1. The molecule has 1 aliphatic heterocycles. The van der Waals surface area contributed by atoms with E-state index in [0.717, 1.165) is 31.7 Å². The van der Waals surface area contributed by atoms with Gasteiger partial charge in [0.05, 0.1) is 4.90 Å². The Morgan fingerprint density at radius 3 is 2.12 bits per heavy atom. The van der Waals surface area contributed by atoms with Gasteiger partial charge in [0, 0.05) is 45.7 Å². The number of rotatable bonds is 7. The van der Waals surface area contributed by atoms with E-state index >= 15 is 0 Å². The second-order valence-corrected chi connectivity index (χ2v) is 8.36. The number of carbonyl (C=O) groups is 1. The maximum Gasteiger partial charge on any atom is 0.243 e. The fraction of sp³-hybridized carbons (Fsp3) is 0.611. The molecule has 0 spiro atoms. The standard InChI is InChI=1S/C18H29N3O3S/c1-4-21(5-2)25(23,24)17-9-6-16(7-10-17)8-11-18(22)20-14-12-19(3)13-15-20/h6-7,9-10H,4-5,8,11-15H2,1-3H3. The van der Waals surface area contributed by atoms with E-state index in [0.29, 0.717) is 30.8 Å². The number of aryl methyl sites for hydroxylation is 1. The first kappa shape index (κ1) is 19.9. The average molecular weight is 368 g/mol. The van der Waals surface area contributed by atoms with Crippen molar-refractivity contribution in [1.82, 2.24) is 14.1 Å². The number of likely N-dealkylation sites (N-methyl/N-ethyl adjacent to an activating group) is 1. The lowest BCUT2D eigenvalue weighted by Gasteiger charge is -2.32. The van der Waals surface area contributed by atoms with Gasteiger partial charge in [-0.3, -0.25) is 4.79 Å². The molecule has 0 atom stereocenters. The topological polar surface area (TPSA) is 60.9 Å². The third kappa shape index (κ3) is 5.03. The van der Waals surface area contributed by atoms with Crippen molar-refractivity contribution in [1.29, 1.82) is 0 Å². The minimum Gasteiger partial charge on any atom is -0.340 e. The van der Waals surface area contributed by atoms with Crippen molar-refractivity contribution >= 4 is 15.9 Å². The van der Waals surface area contributed by atoms with E-state index < -0.39 is 10.0 Å². The summed E-state index contributed by atoms with van der Waals surface area (Å²) in [6, 6.07) is 6.91. The zero-order valence-corrected chi connectivity index (χ0v) is 16.3. The van der Waals surface area contributed by atoms with Crippen molar-refractivity contribution in [2.45, 2.75) is 31.6 Å². The predicted molar refractivity (Wildman–Crippen MR) is 98.9 cm³/mol. The molecular weight excluding hydrogens is 338 g/mol. The van der Waals surface area contributed by atoms with E-state index in [1.165, 1.54) is 4.31 Å². The molecule has 1 fully saturated rings. The molecule has 0 N–H and O–H groups in total. The van der Waals surface area contributed by atoms with E-state index in [9.17, 15) is 13.2 Å². The molecule has 25 heavy (non-hydrogen) atoms. The highest BCUT2D eigenvalue weighted by Gasteiger charge is 2.21. The van der Waals surface area contributed by atoms with Crippen LogP contribution in [0.4, 0.5) is 0 Å². The number of amides is 1. The number of hydrogen-bond acceptors (Lipinski definition) is 4. The van der Waals surface area contributed by atoms with Crippen LogP contribution in [0.5, 0.6) is 0 Å². The van der Waals surface area contributed by atoms with Gasteiger partial charge in [-0.15, -0.1) is 0 Å². The summed E-state index contributed by atoms with van der Waals surface area (Å²) in [4.78, 5) is 16.7. The Bertz CT molecular complexity index is 661. The molecule has 1 aromatic rings. The monoisotopic (exact) mass is 367 g/mol. The first-order valence-corrected chi connectivity index (χ1v) is 10.4. The van der Waals surface area contributed by atoms with Crippen molar-refractivity contribution in [2.75, 3.05) is 46.3 Å². The van der Waals surface area contributed by atoms with Gasteiger partial charge in [-0.05, 0) is 31.2 Å². The zero-order chi connectivity index (χ0) is 18.4. The van der Waals surface area contributed by atoms with Gasteiger partial charge >= 0.3 is 0 Å². The van der Waals surface area contributed by atoms with E-state index in [2.05, 4.69) is 11.9 Å². The van der Waals surface area contributed by atoms with Gasteiger partial charge in [-0.1, -0.05) is 26.0 Å². The second-order valence-electron chi connectivity index (χ2n) is 6.42. The van der Waals surface area contributed by atoms with Crippen LogP contribution in [0.3, 0.4) is 0 Å². The van der Waals surface area contributed by atoms with Crippen LogP contribution in [0.15, 0.2) is 29.2 Å². The van der Waals surface area contributed by atoms with Crippen LogP contribution in [-0.4, -0.2) is 74.7 Å². The average Bonchev–Trinajstić information content (AvgIpc) is 2.61. The second kappa shape index (κ2) is 8.78. The number of hydrogen-bond donors (Lipinski definition) is 0. The SMILES string of the molecule is CCN(CC)S(=O)(=O)c1ccc(CCC(=O)N2CCN(C)CC2)cc1. The van der Waals surface area contributed by atoms with Crippen LogP contribution >= 0.6 is 0 Å². The van der Waals surface area contributed by atoms with Gasteiger partial charge in [0.1, 0.15) is 0 Å². The van der Waals surface area contributed by atoms with Crippen molar-refractivity contribution in [2.24, 2.45) is 0 Å². The van der Waals surface area contributed by atoms with Gasteiger partial charge in [-0.25, -0.2) is 8.42 Å². The molecule has 6 nitrogen and oxygen atoms in total. The minimum absolute atomic E-state index is 0.174. The Kier molecular flexibility index (Phi) is 6.98. The quantitative estimate of drug-likeness (QED) is 0.731. The first-order valence-electron chi connectivity index (χ1n) is 8.94. The van der Waals surface area contributed by atoms with Crippen LogP contribution in [0.2, 0.25) is 0 Å². The lowest BCUT2D eigenvalue weighted by molar-refractivity contribution is -0.132. The van der Waals surface area contributed by atoms with E-state index in [1.807, 2.05) is 30.9 Å². The van der Waals surface area contributed by atoms with Crippen molar-refractivity contribution in [3.8, 4) is 0 Å². The lowest BCUT2D eigenvalue weighted by atomic mass is 10.1. The smallest absolute Gasteiger partial charge is 0.243 e. The predicted octanol–water partition coefficient (Wildman–Crippen LogP) is 1.42. The highest BCUT2D eigenvalue weighted by Crippen LogP contribution is 2.17. The van der Waals surface area contributed by atoms with Gasteiger partial charge in [-0.2, -0.15) is 4.31 Å². The molecule has 1 aliphatic rings. The molecule has 1 amide bonds. The summed E-state index contributed by atoms with van der Waals surface area (Å²) in [6.07, 6.45) is 1.10. The summed E-state index contributed by atoms with van der Waals surface area (Å²) in [5.74, 6) is 0.174. The van der Waals surface area contributed by atoms with Crippen LogP contribution in [0.1, 0.15) is 25.8 Å². The van der Waals surface area contributed by atoms with E-state index in [-0.39, 0.29) is 5.91 Å². The number of sulfonamides is 1. The third-order valence-electron chi connectivity index (χ3n) is 4.75. The van der Waals surface area contributed by atoms with Crippen molar-refractivity contribution < 1.29 is 13.2 Å². The van der Waals surface area contributed by atoms with Gasteiger partial charge < -0.3 is 9.80 Å². The molecule has 7 heteroatoms. The molecule has 2 rings (SSSR count). The fourth-order valence-corrected chi connectivity index (χ4v) is 4.46. The van der Waals surface area contributed by atoms with E-state index in [1.54, 1.807) is 12.1 Å². The largest absolute Gasteiger partial charge is 0.340 e. The molecule has 0 aliphatic carbocycles. The van der Waals surface area contributed by atoms with Crippen LogP contribution < -0.4 is 0 Å². The number of nitrogens with zero attached hydrogens (tertiary/aromatic N) is 3.